The van der Waals surface area contributed by atoms with E-state index < -0.39 is 0 Å². The first kappa shape index (κ1) is 31.2. The number of hydrogen-bond acceptors (Lipinski definition) is 0. The van der Waals surface area contributed by atoms with Crippen LogP contribution in [0.4, 0.5) is 0 Å². The van der Waals surface area contributed by atoms with Crippen molar-refractivity contribution in [2.75, 3.05) is 0 Å². The second kappa shape index (κ2) is 16.0. The van der Waals surface area contributed by atoms with Gasteiger partial charge in [-0.2, -0.15) is 23.8 Å². The maximum Gasteiger partial charge on any atom is -0.0623 e. The molecule has 0 nitrogen and oxygen atoms in total. The van der Waals surface area contributed by atoms with Crippen LogP contribution >= 0.6 is 0 Å². The van der Waals surface area contributed by atoms with Crippen molar-refractivity contribution in [1.29, 1.82) is 0 Å². The maximum absolute atomic E-state index is 2.24. The zero-order valence-corrected chi connectivity index (χ0v) is 25.9. The first-order valence-corrected chi connectivity index (χ1v) is 14.0. The molecule has 0 fully saturated rings. The second-order valence-corrected chi connectivity index (χ2v) is 10.2. The Bertz CT molecular complexity index is 1610. The molecule has 0 N–H and O–H groups in total. The van der Waals surface area contributed by atoms with Crippen LogP contribution in [-0.2, 0) is 24.2 Å². The molecule has 0 atom stereocenters. The Morgan fingerprint density at radius 3 is 1.32 bits per heavy atom. The van der Waals surface area contributed by atoms with Crippen LogP contribution in [0.2, 0.25) is 0 Å². The predicted molar refractivity (Wildman–Crippen MR) is 161 cm³/mol. The van der Waals surface area contributed by atoms with Crippen molar-refractivity contribution in [2.45, 2.75) is 0 Å². The van der Waals surface area contributed by atoms with Crippen molar-refractivity contribution in [3.8, 4) is 11.1 Å². The molecule has 7 aromatic carbocycles. The van der Waals surface area contributed by atoms with Crippen LogP contribution in [0.25, 0.3) is 32.7 Å². The van der Waals surface area contributed by atoms with E-state index in [0.717, 1.165) is 0 Å². The van der Waals surface area contributed by atoms with E-state index >= 15 is 0 Å². The molecule has 196 valence electrons. The van der Waals surface area contributed by atoms with E-state index in [2.05, 4.69) is 164 Å². The van der Waals surface area contributed by atoms with Gasteiger partial charge < -0.3 is 24.8 Å². The average Bonchev–Trinajstić information content (AvgIpc) is 3.68. The van der Waals surface area contributed by atoms with Crippen molar-refractivity contribution in [2.24, 2.45) is 0 Å². The fourth-order valence-electron chi connectivity index (χ4n) is 4.48. The molecule has 0 saturated carbocycles. The smallest absolute Gasteiger partial charge is 0.0623 e. The quantitative estimate of drug-likeness (QED) is 0.261. The number of fused-ring (bicyclic) bond motifs is 3. The normalized spacial score (nSPS) is 9.75. The van der Waals surface area contributed by atoms with Gasteiger partial charge in [-0.3, -0.25) is 0 Å². The van der Waals surface area contributed by atoms with Gasteiger partial charge in [0.25, 0.3) is 0 Å². The van der Waals surface area contributed by atoms with Crippen LogP contribution < -0.4 is 24.8 Å². The zero-order valence-electron chi connectivity index (χ0n) is 21.9. The van der Waals surface area contributed by atoms with Gasteiger partial charge in [-0.15, -0.1) is 39.7 Å². The summed E-state index contributed by atoms with van der Waals surface area (Å²) in [5, 5.41) is 5.39. The fourth-order valence-corrected chi connectivity index (χ4v) is 5.30. The SMILES string of the molecule is [Cl-].[Cl-].[Zr+2]=[C](c1ccccc1)c1ccccc1.c1ccc(-c2cc[cH-]c2)cc1.c1ccc2c(c1)[cH-]c1ccccc12. The molecule has 0 saturated heterocycles. The minimum absolute atomic E-state index is 0. The summed E-state index contributed by atoms with van der Waals surface area (Å²) in [6, 6.07) is 59.1. The number of rotatable bonds is 3. The van der Waals surface area contributed by atoms with Crippen LogP contribution in [0.15, 0.2) is 170 Å². The summed E-state index contributed by atoms with van der Waals surface area (Å²) >= 11 is 1.46. The number of hydrogen-bond donors (Lipinski definition) is 0. The van der Waals surface area contributed by atoms with Gasteiger partial charge in [0.05, 0.1) is 0 Å². The Labute approximate surface area is 264 Å². The van der Waals surface area contributed by atoms with Crippen molar-refractivity contribution in [1.82, 2.24) is 0 Å². The van der Waals surface area contributed by atoms with Gasteiger partial charge in [-0.1, -0.05) is 72.3 Å². The van der Waals surface area contributed by atoms with E-state index in [1.165, 1.54) is 71.2 Å². The molecule has 40 heavy (non-hydrogen) atoms. The van der Waals surface area contributed by atoms with Crippen LogP contribution in [-0.4, -0.2) is 3.21 Å². The molecule has 0 heterocycles. The summed E-state index contributed by atoms with van der Waals surface area (Å²) in [6.07, 6.45) is 0. The van der Waals surface area contributed by atoms with Crippen molar-refractivity contribution >= 4 is 24.8 Å². The van der Waals surface area contributed by atoms with Crippen LogP contribution in [0.1, 0.15) is 11.1 Å². The zero-order chi connectivity index (χ0) is 26.0. The van der Waals surface area contributed by atoms with Gasteiger partial charge in [0.2, 0.25) is 0 Å². The molecule has 0 aromatic heterocycles. The van der Waals surface area contributed by atoms with E-state index in [9.17, 15) is 0 Å². The fraction of sp³-hybridized carbons (Fsp3) is 0. The van der Waals surface area contributed by atoms with Gasteiger partial charge in [0.15, 0.2) is 0 Å². The standard InChI is InChI=1S/C13H9.C13H10.C11H9.2ClH.Zr/c1-3-7-12-10(5-1)9-11-6-2-4-8-13(11)12;1-3-7-12(8-4-1)11-13-9-5-2-6-10-13;1-2-6-10(7-3-1)11-8-4-5-9-11;;;/h1-9H;1-10H;1-9H;2*1H;/q-1;;-1;;;+2/p-2. The molecular weight excluding hydrogens is 607 g/mol. The monoisotopic (exact) mass is 632 g/mol. The first-order chi connectivity index (χ1) is 18.8. The third-order valence-corrected chi connectivity index (χ3v) is 7.84. The van der Waals surface area contributed by atoms with Crippen molar-refractivity contribution in [3.05, 3.63) is 181 Å². The Kier molecular flexibility index (Phi) is 12.5. The summed E-state index contributed by atoms with van der Waals surface area (Å²) in [7, 11) is 0. The van der Waals surface area contributed by atoms with Gasteiger partial charge in [-0.05, 0) is 0 Å². The molecule has 0 aliphatic carbocycles. The summed E-state index contributed by atoms with van der Waals surface area (Å²) in [6.45, 7) is 0. The summed E-state index contributed by atoms with van der Waals surface area (Å²) in [5.74, 6) is 0. The minimum atomic E-state index is 0. The molecular formula is C37H28Cl2Zr-2. The van der Waals surface area contributed by atoms with E-state index in [1.54, 1.807) is 0 Å². The van der Waals surface area contributed by atoms with E-state index in [1.807, 2.05) is 6.07 Å². The summed E-state index contributed by atoms with van der Waals surface area (Å²) < 4.78 is 1.42. The molecule has 0 amide bonds. The van der Waals surface area contributed by atoms with Crippen molar-refractivity contribution in [3.63, 3.8) is 0 Å². The van der Waals surface area contributed by atoms with Gasteiger partial charge in [0.1, 0.15) is 0 Å². The molecule has 0 bridgehead atoms. The number of benzene rings is 5. The Morgan fingerprint density at radius 2 is 0.875 bits per heavy atom. The minimum Gasteiger partial charge on any atom is -0.206 e. The Morgan fingerprint density at radius 1 is 0.450 bits per heavy atom. The third kappa shape index (κ3) is 8.09. The molecule has 7 rings (SSSR count). The molecule has 0 radical (unpaired) electrons. The molecule has 0 spiro atoms. The molecule has 3 heteroatoms. The van der Waals surface area contributed by atoms with Gasteiger partial charge in [0, 0.05) is 0 Å². The third-order valence-electron chi connectivity index (χ3n) is 6.42. The molecule has 7 aromatic rings. The van der Waals surface area contributed by atoms with Crippen LogP contribution in [0.3, 0.4) is 0 Å². The van der Waals surface area contributed by atoms with E-state index in [4.69, 9.17) is 0 Å². The van der Waals surface area contributed by atoms with Crippen LogP contribution in [0.5, 0.6) is 0 Å². The maximum atomic E-state index is 2.24. The second-order valence-electron chi connectivity index (χ2n) is 8.97. The van der Waals surface area contributed by atoms with Gasteiger partial charge >= 0.3 is 99.2 Å². The van der Waals surface area contributed by atoms with E-state index in [-0.39, 0.29) is 24.8 Å². The average molecular weight is 635 g/mol. The summed E-state index contributed by atoms with van der Waals surface area (Å²) in [5.41, 5.74) is 5.25. The van der Waals surface area contributed by atoms with Crippen molar-refractivity contribution < 1.29 is 49.0 Å². The first-order valence-electron chi connectivity index (χ1n) is 12.8. The Hall–Kier alpha value is -3.35. The predicted octanol–water partition coefficient (Wildman–Crippen LogP) is 3.59. The number of halogens is 2. The molecule has 0 unspecified atom stereocenters. The largest absolute Gasteiger partial charge is 0.206 e. The Balaban J connectivity index is 0.000000162. The summed E-state index contributed by atoms with van der Waals surface area (Å²) in [4.78, 5) is 0. The van der Waals surface area contributed by atoms with Crippen LogP contribution in [0, 0.1) is 0 Å². The molecule has 0 aliphatic heterocycles. The topological polar surface area (TPSA) is 0 Å². The van der Waals surface area contributed by atoms with E-state index in [0.29, 0.717) is 0 Å². The molecule has 0 aliphatic rings. The van der Waals surface area contributed by atoms with Gasteiger partial charge in [-0.25, -0.2) is 6.07 Å².